The van der Waals surface area contributed by atoms with E-state index in [1.54, 1.807) is 59.9 Å². The molecule has 0 fully saturated rings. The van der Waals surface area contributed by atoms with Gasteiger partial charge in [0.05, 0.1) is 0 Å². The predicted molar refractivity (Wildman–Crippen MR) is 143 cm³/mol. The van der Waals surface area contributed by atoms with Crippen molar-refractivity contribution in [1.29, 1.82) is 0 Å². The van der Waals surface area contributed by atoms with Gasteiger partial charge in [-0.1, -0.05) is 40.2 Å². The van der Waals surface area contributed by atoms with E-state index in [2.05, 4.69) is 32.7 Å². The van der Waals surface area contributed by atoms with Crippen LogP contribution in [0, 0.1) is 5.82 Å². The van der Waals surface area contributed by atoms with E-state index in [0.29, 0.717) is 11.1 Å². The first kappa shape index (κ1) is 26.3. The van der Waals surface area contributed by atoms with Gasteiger partial charge in [0.1, 0.15) is 5.82 Å². The molecular weight excluding hydrogens is 529 g/mol. The fourth-order valence-corrected chi connectivity index (χ4v) is 4.33. The number of rotatable bonds is 8. The molecule has 3 aromatic carbocycles. The Balaban J connectivity index is 0.000000287. The number of thiophene rings is 1. The second kappa shape index (κ2) is 12.9. The van der Waals surface area contributed by atoms with E-state index < -0.39 is 11.8 Å². The second-order valence-electron chi connectivity index (χ2n) is 7.67. The van der Waals surface area contributed by atoms with Crippen molar-refractivity contribution in [3.8, 4) is 11.1 Å². The van der Waals surface area contributed by atoms with E-state index in [1.165, 1.54) is 10.9 Å². The molecule has 5 nitrogen and oxygen atoms in total. The van der Waals surface area contributed by atoms with Crippen LogP contribution in [0.5, 0.6) is 0 Å². The van der Waals surface area contributed by atoms with E-state index in [9.17, 15) is 14.0 Å². The fourth-order valence-electron chi connectivity index (χ4n) is 3.20. The lowest BCUT2D eigenvalue weighted by Gasteiger charge is -2.04. The van der Waals surface area contributed by atoms with Gasteiger partial charge in [-0.25, -0.2) is 4.39 Å². The first-order valence-electron chi connectivity index (χ1n) is 10.8. The van der Waals surface area contributed by atoms with Crippen molar-refractivity contribution in [1.82, 2.24) is 5.32 Å². The summed E-state index contributed by atoms with van der Waals surface area (Å²) in [5.41, 5.74) is 14.5. The normalized spacial score (nSPS) is 10.3. The minimum Gasteiger partial charge on any atom is -0.366 e. The van der Waals surface area contributed by atoms with Crippen molar-refractivity contribution >= 4 is 39.1 Å². The molecule has 2 amide bonds. The van der Waals surface area contributed by atoms with E-state index in [-0.39, 0.29) is 5.82 Å². The van der Waals surface area contributed by atoms with E-state index in [1.807, 2.05) is 18.2 Å². The summed E-state index contributed by atoms with van der Waals surface area (Å²) in [6.45, 7) is 1.57. The van der Waals surface area contributed by atoms with Gasteiger partial charge in [-0.05, 0) is 89.6 Å². The molecule has 35 heavy (non-hydrogen) atoms. The van der Waals surface area contributed by atoms with Gasteiger partial charge in [0, 0.05) is 27.0 Å². The number of carbonyl (C=O) groups excluding carboxylic acids is 2. The zero-order valence-corrected chi connectivity index (χ0v) is 21.2. The van der Waals surface area contributed by atoms with Crippen LogP contribution in [0.25, 0.3) is 11.1 Å². The number of amides is 2. The topological polar surface area (TPSA) is 98.2 Å². The Morgan fingerprint density at radius 1 is 0.857 bits per heavy atom. The van der Waals surface area contributed by atoms with Gasteiger partial charge in [-0.15, -0.1) is 11.3 Å². The smallest absolute Gasteiger partial charge is 0.248 e. The van der Waals surface area contributed by atoms with Crippen molar-refractivity contribution in [3.05, 3.63) is 116 Å². The van der Waals surface area contributed by atoms with Gasteiger partial charge < -0.3 is 16.8 Å². The lowest BCUT2D eigenvalue weighted by Crippen LogP contribution is -2.15. The van der Waals surface area contributed by atoms with Gasteiger partial charge in [-0.2, -0.15) is 0 Å². The van der Waals surface area contributed by atoms with Gasteiger partial charge in [0.15, 0.2) is 0 Å². The maximum Gasteiger partial charge on any atom is 0.248 e. The molecule has 1 heterocycles. The van der Waals surface area contributed by atoms with E-state index >= 15 is 0 Å². The maximum atomic E-state index is 13.1. The summed E-state index contributed by atoms with van der Waals surface area (Å²) in [5, 5.41) is 5.49. The van der Waals surface area contributed by atoms with Crippen LogP contribution in [0.2, 0.25) is 0 Å². The van der Waals surface area contributed by atoms with E-state index in [4.69, 9.17) is 11.5 Å². The lowest BCUT2D eigenvalue weighted by atomic mass is 10.1. The summed E-state index contributed by atoms with van der Waals surface area (Å²) in [4.78, 5) is 22.9. The van der Waals surface area contributed by atoms with Crippen LogP contribution in [0.4, 0.5) is 4.39 Å². The molecule has 180 valence electrons. The first-order chi connectivity index (χ1) is 16.8. The molecule has 0 atom stereocenters. The number of halogens is 2. The SMILES string of the molecule is NC(=O)c1ccc(-c2csc(CNCCc3cccc(F)c3)c2)cc1.NC(=O)c1ccc(Br)cc1. The third kappa shape index (κ3) is 8.43. The average molecular weight is 554 g/mol. The van der Waals surface area contributed by atoms with Crippen LogP contribution in [-0.2, 0) is 13.0 Å². The standard InChI is InChI=1S/C20H19FN2OS.C7H6BrNO/c21-18-3-1-2-14(10-18)8-9-23-12-19-11-17(13-25-19)15-4-6-16(7-5-15)20(22)24;8-6-3-1-5(2-4-6)7(9)10/h1-7,10-11,13,23H,8-9,12H2,(H2,22,24);1-4H,(H2,9,10). The van der Waals surface area contributed by atoms with Crippen LogP contribution >= 0.6 is 27.3 Å². The molecule has 0 spiro atoms. The maximum absolute atomic E-state index is 13.1. The van der Waals surface area contributed by atoms with Gasteiger partial charge >= 0.3 is 0 Å². The molecule has 0 radical (unpaired) electrons. The van der Waals surface area contributed by atoms with Crippen molar-refractivity contribution in [2.45, 2.75) is 13.0 Å². The first-order valence-corrected chi connectivity index (χ1v) is 12.5. The second-order valence-corrected chi connectivity index (χ2v) is 9.58. The minimum absolute atomic E-state index is 0.192. The Morgan fingerprint density at radius 2 is 1.49 bits per heavy atom. The number of primary amides is 2. The number of benzene rings is 3. The molecule has 0 unspecified atom stereocenters. The highest BCUT2D eigenvalue weighted by Crippen LogP contribution is 2.26. The molecule has 4 aromatic rings. The van der Waals surface area contributed by atoms with Crippen molar-refractivity contribution in [2.75, 3.05) is 6.54 Å². The summed E-state index contributed by atoms with van der Waals surface area (Å²) < 4.78 is 14.1. The van der Waals surface area contributed by atoms with Crippen LogP contribution in [0.15, 0.2) is 88.7 Å². The largest absolute Gasteiger partial charge is 0.366 e. The van der Waals surface area contributed by atoms with E-state index in [0.717, 1.165) is 40.7 Å². The third-order valence-electron chi connectivity index (χ3n) is 5.06. The van der Waals surface area contributed by atoms with Crippen molar-refractivity contribution < 1.29 is 14.0 Å². The molecule has 0 aliphatic rings. The molecule has 1 aromatic heterocycles. The number of hydrogen-bond donors (Lipinski definition) is 3. The highest BCUT2D eigenvalue weighted by Gasteiger charge is 2.05. The molecule has 0 aliphatic heterocycles. The van der Waals surface area contributed by atoms with Gasteiger partial charge in [0.25, 0.3) is 0 Å². The number of hydrogen-bond acceptors (Lipinski definition) is 4. The summed E-state index contributed by atoms with van der Waals surface area (Å²) in [5.74, 6) is -1.00. The number of nitrogens with two attached hydrogens (primary N) is 2. The van der Waals surface area contributed by atoms with Crippen molar-refractivity contribution in [3.63, 3.8) is 0 Å². The fraction of sp³-hybridized carbons (Fsp3) is 0.111. The Labute approximate surface area is 216 Å². The zero-order chi connectivity index (χ0) is 25.2. The summed E-state index contributed by atoms with van der Waals surface area (Å²) in [6, 6.07) is 23.0. The number of nitrogens with one attached hydrogen (secondary N) is 1. The van der Waals surface area contributed by atoms with Crippen LogP contribution in [-0.4, -0.2) is 18.4 Å². The highest BCUT2D eigenvalue weighted by molar-refractivity contribution is 9.10. The molecule has 4 rings (SSSR count). The zero-order valence-electron chi connectivity index (χ0n) is 18.8. The summed E-state index contributed by atoms with van der Waals surface area (Å²) >= 11 is 4.93. The lowest BCUT2D eigenvalue weighted by molar-refractivity contribution is 0.0992. The highest BCUT2D eigenvalue weighted by atomic mass is 79.9. The Morgan fingerprint density at radius 3 is 2.09 bits per heavy atom. The molecule has 0 saturated carbocycles. The molecular formula is C27H25BrFN3O2S. The monoisotopic (exact) mass is 553 g/mol. The summed E-state index contributed by atoms with van der Waals surface area (Å²) in [7, 11) is 0. The van der Waals surface area contributed by atoms with Crippen LogP contribution < -0.4 is 16.8 Å². The third-order valence-corrected chi connectivity index (χ3v) is 6.53. The Hall–Kier alpha value is -3.33. The van der Waals surface area contributed by atoms with Crippen molar-refractivity contribution in [2.24, 2.45) is 11.5 Å². The van der Waals surface area contributed by atoms with Gasteiger partial charge in [0.2, 0.25) is 11.8 Å². The molecule has 8 heteroatoms. The quantitative estimate of drug-likeness (QED) is 0.250. The Bertz CT molecular complexity index is 1270. The van der Waals surface area contributed by atoms with Gasteiger partial charge in [-0.3, -0.25) is 9.59 Å². The average Bonchev–Trinajstić information content (AvgIpc) is 3.32. The van der Waals surface area contributed by atoms with Crippen LogP contribution in [0.3, 0.4) is 0 Å². The summed E-state index contributed by atoms with van der Waals surface area (Å²) in [6.07, 6.45) is 0.796. The number of carbonyl (C=O) groups is 2. The minimum atomic E-state index is -0.417. The predicted octanol–water partition coefficient (Wildman–Crippen LogP) is 5.53. The van der Waals surface area contributed by atoms with Crippen LogP contribution in [0.1, 0.15) is 31.2 Å². The Kier molecular flexibility index (Phi) is 9.72. The molecule has 0 bridgehead atoms. The molecule has 0 saturated heterocycles. The molecule has 5 N–H and O–H groups in total. The molecule has 0 aliphatic carbocycles.